The fourth-order valence-corrected chi connectivity index (χ4v) is 4.90. The summed E-state index contributed by atoms with van der Waals surface area (Å²) in [4.78, 5) is 25.5. The number of carbonyl (C=O) groups excluding carboxylic acids is 1. The molecular weight excluding hydrogens is 318 g/mol. The van der Waals surface area contributed by atoms with Gasteiger partial charge < -0.3 is 4.90 Å². The number of hydrogen-bond acceptors (Lipinski definition) is 4. The highest BCUT2D eigenvalue weighted by atomic mass is 32.1. The lowest BCUT2D eigenvalue weighted by molar-refractivity contribution is -0.135. The third-order valence-electron chi connectivity index (χ3n) is 5.09. The molecule has 1 atom stereocenters. The molecule has 126 valence electrons. The van der Waals surface area contributed by atoms with Gasteiger partial charge in [-0.1, -0.05) is 18.9 Å². The second-order valence-corrected chi connectivity index (χ2v) is 7.87. The lowest BCUT2D eigenvalue weighted by atomic mass is 9.90. The number of carbonyl (C=O) groups is 1. The van der Waals surface area contributed by atoms with Crippen LogP contribution in [0.5, 0.6) is 0 Å². The minimum Gasteiger partial charge on any atom is -0.342 e. The lowest BCUT2D eigenvalue weighted by Gasteiger charge is -2.28. The zero-order chi connectivity index (χ0) is 16.4. The van der Waals surface area contributed by atoms with E-state index in [9.17, 15) is 4.79 Å². The highest BCUT2D eigenvalue weighted by molar-refractivity contribution is 7.15. The molecule has 0 saturated carbocycles. The number of thiazole rings is 1. The number of fused-ring (bicyclic) bond motifs is 1. The molecule has 0 radical (unpaired) electrons. The first-order chi connectivity index (χ1) is 11.8. The molecule has 5 heteroatoms. The summed E-state index contributed by atoms with van der Waals surface area (Å²) in [7, 11) is 0. The summed E-state index contributed by atoms with van der Waals surface area (Å²) < 4.78 is 0. The average Bonchev–Trinajstić information content (AvgIpc) is 2.87. The molecule has 0 N–H and O–H groups in total. The zero-order valence-electron chi connectivity index (χ0n) is 13.9. The Kier molecular flexibility index (Phi) is 4.60. The van der Waals surface area contributed by atoms with E-state index in [0.717, 1.165) is 55.9 Å². The first-order valence-corrected chi connectivity index (χ1v) is 9.81. The van der Waals surface area contributed by atoms with Crippen molar-refractivity contribution in [1.29, 1.82) is 0 Å². The van der Waals surface area contributed by atoms with Gasteiger partial charge in [0.15, 0.2) is 0 Å². The van der Waals surface area contributed by atoms with E-state index in [4.69, 9.17) is 4.98 Å². The van der Waals surface area contributed by atoms with Crippen molar-refractivity contribution in [1.82, 2.24) is 14.9 Å². The van der Waals surface area contributed by atoms with E-state index in [1.165, 1.54) is 23.4 Å². The fraction of sp³-hybridized carbons (Fsp3) is 0.526. The van der Waals surface area contributed by atoms with Crippen LogP contribution < -0.4 is 0 Å². The highest BCUT2D eigenvalue weighted by Gasteiger charge is 2.30. The Hall–Kier alpha value is -1.75. The summed E-state index contributed by atoms with van der Waals surface area (Å²) in [5, 5.41) is 0.989. The van der Waals surface area contributed by atoms with E-state index in [0.29, 0.717) is 5.91 Å². The number of aryl methyl sites for hydroxylation is 1. The third-order valence-corrected chi connectivity index (χ3v) is 6.23. The molecule has 0 aromatic carbocycles. The van der Waals surface area contributed by atoms with Crippen LogP contribution in [0.2, 0.25) is 0 Å². The van der Waals surface area contributed by atoms with Gasteiger partial charge in [-0.25, -0.2) is 4.98 Å². The summed E-state index contributed by atoms with van der Waals surface area (Å²) in [6.07, 6.45) is 9.37. The Morgan fingerprint density at radius 1 is 1.17 bits per heavy atom. The van der Waals surface area contributed by atoms with Gasteiger partial charge >= 0.3 is 0 Å². The summed E-state index contributed by atoms with van der Waals surface area (Å²) in [6, 6.07) is 5.92. The molecule has 1 unspecified atom stereocenters. The molecular formula is C19H23N3OS. The van der Waals surface area contributed by atoms with Crippen LogP contribution in [-0.2, 0) is 17.6 Å². The molecule has 1 saturated heterocycles. The van der Waals surface area contributed by atoms with Crippen LogP contribution in [0.1, 0.15) is 42.7 Å². The van der Waals surface area contributed by atoms with E-state index in [1.807, 2.05) is 18.2 Å². The van der Waals surface area contributed by atoms with Gasteiger partial charge in [0, 0.05) is 30.1 Å². The van der Waals surface area contributed by atoms with E-state index >= 15 is 0 Å². The Bertz CT molecular complexity index is 705. The topological polar surface area (TPSA) is 46.1 Å². The monoisotopic (exact) mass is 341 g/mol. The van der Waals surface area contributed by atoms with Crippen molar-refractivity contribution < 1.29 is 4.79 Å². The van der Waals surface area contributed by atoms with Crippen LogP contribution >= 0.6 is 11.3 Å². The van der Waals surface area contributed by atoms with Crippen molar-refractivity contribution in [2.45, 2.75) is 44.9 Å². The second kappa shape index (κ2) is 7.01. The van der Waals surface area contributed by atoms with Crippen molar-refractivity contribution in [2.24, 2.45) is 5.92 Å². The van der Waals surface area contributed by atoms with Crippen LogP contribution in [-0.4, -0.2) is 33.9 Å². The van der Waals surface area contributed by atoms with Crippen LogP contribution in [0, 0.1) is 5.92 Å². The molecule has 4 nitrogen and oxygen atoms in total. The predicted octanol–water partition coefficient (Wildman–Crippen LogP) is 3.71. The van der Waals surface area contributed by atoms with Crippen molar-refractivity contribution in [3.8, 4) is 10.7 Å². The molecule has 1 fully saturated rings. The fourth-order valence-electron chi connectivity index (χ4n) is 3.73. The summed E-state index contributed by atoms with van der Waals surface area (Å²) >= 11 is 1.72. The van der Waals surface area contributed by atoms with Crippen LogP contribution in [0.4, 0.5) is 0 Å². The maximum Gasteiger partial charge on any atom is 0.226 e. The number of likely N-dealkylation sites (tertiary alicyclic amines) is 1. The molecule has 0 bridgehead atoms. The number of rotatable bonds is 2. The summed E-state index contributed by atoms with van der Waals surface area (Å²) in [6.45, 7) is 1.90. The van der Waals surface area contributed by atoms with Crippen molar-refractivity contribution in [3.63, 3.8) is 0 Å². The van der Waals surface area contributed by atoms with Gasteiger partial charge in [-0.15, -0.1) is 11.3 Å². The van der Waals surface area contributed by atoms with Crippen LogP contribution in [0.25, 0.3) is 10.7 Å². The standard InChI is InChI=1S/C19H23N3OS/c23-19(22-11-5-1-2-6-12-22)14-8-9-15-17(13-14)24-18(21-15)16-7-3-4-10-20-16/h3-4,7,10,14H,1-2,5-6,8-9,11-13H2. The van der Waals surface area contributed by atoms with Crippen molar-refractivity contribution in [2.75, 3.05) is 13.1 Å². The number of amides is 1. The molecule has 1 aliphatic carbocycles. The number of nitrogens with zero attached hydrogens (tertiary/aromatic N) is 3. The second-order valence-electron chi connectivity index (χ2n) is 6.78. The number of hydrogen-bond donors (Lipinski definition) is 0. The average molecular weight is 341 g/mol. The molecule has 1 amide bonds. The largest absolute Gasteiger partial charge is 0.342 e. The van der Waals surface area contributed by atoms with Gasteiger partial charge in [0.2, 0.25) is 5.91 Å². The van der Waals surface area contributed by atoms with Gasteiger partial charge in [0.05, 0.1) is 11.4 Å². The molecule has 0 spiro atoms. The Morgan fingerprint density at radius 2 is 2.00 bits per heavy atom. The van der Waals surface area contributed by atoms with E-state index in [2.05, 4.69) is 9.88 Å². The van der Waals surface area contributed by atoms with E-state index in [1.54, 1.807) is 17.5 Å². The quantitative estimate of drug-likeness (QED) is 0.836. The van der Waals surface area contributed by atoms with Crippen LogP contribution in [0.3, 0.4) is 0 Å². The van der Waals surface area contributed by atoms with Gasteiger partial charge in [0.1, 0.15) is 5.01 Å². The maximum absolute atomic E-state index is 12.9. The van der Waals surface area contributed by atoms with E-state index < -0.39 is 0 Å². The first-order valence-electron chi connectivity index (χ1n) is 9.00. The number of pyridine rings is 1. The molecule has 2 aromatic rings. The molecule has 24 heavy (non-hydrogen) atoms. The minimum absolute atomic E-state index is 0.146. The van der Waals surface area contributed by atoms with E-state index in [-0.39, 0.29) is 5.92 Å². The molecule has 2 aliphatic rings. The van der Waals surface area contributed by atoms with Crippen molar-refractivity contribution in [3.05, 3.63) is 35.0 Å². The van der Waals surface area contributed by atoms with Crippen LogP contribution in [0.15, 0.2) is 24.4 Å². The highest BCUT2D eigenvalue weighted by Crippen LogP contribution is 2.34. The predicted molar refractivity (Wildman–Crippen MR) is 95.9 cm³/mol. The Balaban J connectivity index is 1.49. The maximum atomic E-state index is 12.9. The molecule has 2 aromatic heterocycles. The molecule has 1 aliphatic heterocycles. The smallest absolute Gasteiger partial charge is 0.226 e. The van der Waals surface area contributed by atoms with Gasteiger partial charge in [-0.05, 0) is 44.2 Å². The first kappa shape index (κ1) is 15.8. The zero-order valence-corrected chi connectivity index (χ0v) is 14.7. The van der Waals surface area contributed by atoms with Crippen molar-refractivity contribution >= 4 is 17.2 Å². The lowest BCUT2D eigenvalue weighted by Crippen LogP contribution is -2.38. The Morgan fingerprint density at radius 3 is 2.75 bits per heavy atom. The molecule has 4 rings (SSSR count). The van der Waals surface area contributed by atoms with Gasteiger partial charge in [-0.3, -0.25) is 9.78 Å². The summed E-state index contributed by atoms with van der Waals surface area (Å²) in [5.41, 5.74) is 2.12. The summed E-state index contributed by atoms with van der Waals surface area (Å²) in [5.74, 6) is 0.517. The third kappa shape index (κ3) is 3.22. The SMILES string of the molecule is O=C(C1CCc2nc(-c3ccccn3)sc2C1)N1CCCCCC1. The molecule has 3 heterocycles. The Labute approximate surface area is 146 Å². The van der Waals surface area contributed by atoms with Gasteiger partial charge in [0.25, 0.3) is 0 Å². The normalized spacial score (nSPS) is 21.2. The number of aromatic nitrogens is 2. The van der Waals surface area contributed by atoms with Gasteiger partial charge in [-0.2, -0.15) is 0 Å². The minimum atomic E-state index is 0.146.